The van der Waals surface area contributed by atoms with Crippen LogP contribution in [0, 0.1) is 0 Å². The van der Waals surface area contributed by atoms with Crippen LogP contribution in [0.1, 0.15) is 0 Å². The van der Waals surface area contributed by atoms with E-state index in [1.165, 1.54) is 10.8 Å². The number of hydrogen-bond acceptors (Lipinski definition) is 2. The molecule has 0 aliphatic carbocycles. The van der Waals surface area contributed by atoms with Crippen LogP contribution >= 0.6 is 0 Å². The van der Waals surface area contributed by atoms with E-state index in [-0.39, 0.29) is 0 Å². The molecular weight excluding hydrogens is 248 g/mol. The number of aromatic nitrogens is 2. The minimum Gasteiger partial charge on any atom is -0.385 e. The molecule has 4 aromatic rings. The number of aromatic amines is 2. The van der Waals surface area contributed by atoms with Gasteiger partial charge in [-0.2, -0.15) is 0 Å². The minimum atomic E-state index is 0.723. The molecule has 0 fully saturated rings. The number of H-pyrrole nitrogens is 2. The number of anilines is 2. The van der Waals surface area contributed by atoms with Crippen molar-refractivity contribution in [3.63, 3.8) is 0 Å². The van der Waals surface area contributed by atoms with Crippen LogP contribution in [0.15, 0.2) is 60.7 Å². The summed E-state index contributed by atoms with van der Waals surface area (Å²) in [6.45, 7) is 0. The van der Waals surface area contributed by atoms with Crippen LogP contribution in [-0.2, 0) is 0 Å². The second kappa shape index (κ2) is 5.01. The lowest BCUT2D eigenvalue weighted by molar-refractivity contribution is 1.47. The Kier molecular flexibility index (Phi) is 3.05. The normalized spacial score (nSPS) is 10.4. The first-order chi connectivity index (χ1) is 9.72. The average molecular weight is 264 g/mol. The van der Waals surface area contributed by atoms with Crippen molar-refractivity contribution >= 4 is 33.4 Å². The molecule has 0 aliphatic rings. The molecule has 20 heavy (non-hydrogen) atoms. The van der Waals surface area contributed by atoms with Crippen molar-refractivity contribution in [3.8, 4) is 0 Å². The Morgan fingerprint density at radius 3 is 1.40 bits per heavy atom. The lowest BCUT2D eigenvalue weighted by Crippen LogP contribution is -1.80. The summed E-state index contributed by atoms with van der Waals surface area (Å²) < 4.78 is 0. The molecule has 0 amide bonds. The Labute approximate surface area is 116 Å². The fraction of sp³-hybridized carbons (Fsp3) is 0. The Balaban J connectivity index is 0.000000121. The van der Waals surface area contributed by atoms with Crippen molar-refractivity contribution in [2.24, 2.45) is 0 Å². The third kappa shape index (κ3) is 2.44. The number of benzene rings is 2. The maximum atomic E-state index is 5.54. The van der Waals surface area contributed by atoms with E-state index in [1.807, 2.05) is 60.7 Å². The maximum Gasteiger partial charge on any atom is 0.101 e. The molecule has 2 heterocycles. The molecule has 0 spiro atoms. The first-order valence-corrected chi connectivity index (χ1v) is 6.39. The average Bonchev–Trinajstić information content (AvgIpc) is 2.99. The third-order valence-electron chi connectivity index (χ3n) is 3.10. The monoisotopic (exact) mass is 264 g/mol. The Morgan fingerprint density at radius 1 is 0.600 bits per heavy atom. The lowest BCUT2D eigenvalue weighted by Gasteiger charge is -1.83. The largest absolute Gasteiger partial charge is 0.385 e. The number of rotatable bonds is 0. The highest BCUT2D eigenvalue weighted by Gasteiger charge is 1.93. The molecule has 4 heteroatoms. The van der Waals surface area contributed by atoms with Gasteiger partial charge in [-0.25, -0.2) is 0 Å². The van der Waals surface area contributed by atoms with Gasteiger partial charge in [-0.3, -0.25) is 0 Å². The summed E-state index contributed by atoms with van der Waals surface area (Å²) in [5.41, 5.74) is 13.3. The standard InChI is InChI=1S/2C8H8N2/c2*9-8-5-6-3-1-2-4-7(6)10-8/h2*1-5,10H,9H2. The van der Waals surface area contributed by atoms with E-state index >= 15 is 0 Å². The van der Waals surface area contributed by atoms with Crippen LogP contribution in [0.2, 0.25) is 0 Å². The van der Waals surface area contributed by atoms with Crippen molar-refractivity contribution in [3.05, 3.63) is 60.7 Å². The summed E-state index contributed by atoms with van der Waals surface area (Å²) in [7, 11) is 0. The quantitative estimate of drug-likeness (QED) is 0.392. The molecule has 100 valence electrons. The minimum absolute atomic E-state index is 0.723. The number of nitrogens with two attached hydrogens (primary N) is 2. The smallest absolute Gasteiger partial charge is 0.101 e. The van der Waals surface area contributed by atoms with Crippen LogP contribution in [0.25, 0.3) is 21.8 Å². The molecule has 0 radical (unpaired) electrons. The van der Waals surface area contributed by atoms with Crippen LogP contribution in [0.4, 0.5) is 11.6 Å². The molecule has 0 saturated heterocycles. The van der Waals surface area contributed by atoms with Crippen molar-refractivity contribution in [2.75, 3.05) is 11.5 Å². The van der Waals surface area contributed by atoms with E-state index in [4.69, 9.17) is 11.5 Å². The van der Waals surface area contributed by atoms with Gasteiger partial charge >= 0.3 is 0 Å². The van der Waals surface area contributed by atoms with Crippen LogP contribution < -0.4 is 11.5 Å². The van der Waals surface area contributed by atoms with Crippen molar-refractivity contribution in [1.29, 1.82) is 0 Å². The third-order valence-corrected chi connectivity index (χ3v) is 3.10. The zero-order valence-electron chi connectivity index (χ0n) is 10.9. The van der Waals surface area contributed by atoms with Crippen molar-refractivity contribution in [1.82, 2.24) is 9.97 Å². The molecule has 4 nitrogen and oxygen atoms in total. The molecule has 0 aliphatic heterocycles. The van der Waals surface area contributed by atoms with Gasteiger partial charge in [0.05, 0.1) is 0 Å². The lowest BCUT2D eigenvalue weighted by atomic mass is 10.3. The molecule has 0 bridgehead atoms. The first-order valence-electron chi connectivity index (χ1n) is 6.39. The Morgan fingerprint density at radius 2 is 1.00 bits per heavy atom. The molecule has 0 atom stereocenters. The summed E-state index contributed by atoms with van der Waals surface area (Å²) in [5, 5.41) is 2.33. The predicted octanol–water partition coefficient (Wildman–Crippen LogP) is 3.50. The van der Waals surface area contributed by atoms with E-state index < -0.39 is 0 Å². The number of hydrogen-bond donors (Lipinski definition) is 4. The van der Waals surface area contributed by atoms with Crippen molar-refractivity contribution in [2.45, 2.75) is 0 Å². The molecule has 6 N–H and O–H groups in total. The molecule has 2 aromatic heterocycles. The predicted molar refractivity (Wildman–Crippen MR) is 85.4 cm³/mol. The van der Waals surface area contributed by atoms with Gasteiger partial charge in [-0.05, 0) is 24.3 Å². The van der Waals surface area contributed by atoms with E-state index in [2.05, 4.69) is 9.97 Å². The highest BCUT2D eigenvalue weighted by atomic mass is 14.8. The van der Waals surface area contributed by atoms with Crippen LogP contribution in [0.5, 0.6) is 0 Å². The Hall–Kier alpha value is -2.88. The molecule has 4 rings (SSSR count). The van der Waals surface area contributed by atoms with Gasteiger partial charge < -0.3 is 21.4 Å². The molecular formula is C16H16N4. The molecule has 2 aromatic carbocycles. The second-order valence-corrected chi connectivity index (χ2v) is 4.62. The summed E-state index contributed by atoms with van der Waals surface area (Å²) in [4.78, 5) is 6.07. The van der Waals surface area contributed by atoms with E-state index in [9.17, 15) is 0 Å². The zero-order chi connectivity index (χ0) is 13.9. The van der Waals surface area contributed by atoms with E-state index in [1.54, 1.807) is 0 Å². The fourth-order valence-corrected chi connectivity index (χ4v) is 2.19. The number of fused-ring (bicyclic) bond motifs is 2. The SMILES string of the molecule is Nc1cc2ccccc2[nH]1.Nc1cc2ccccc2[nH]1. The van der Waals surface area contributed by atoms with Gasteiger partial charge in [0.2, 0.25) is 0 Å². The van der Waals surface area contributed by atoms with E-state index in [0.717, 1.165) is 22.7 Å². The molecule has 0 saturated carbocycles. The van der Waals surface area contributed by atoms with Gasteiger partial charge in [-0.1, -0.05) is 36.4 Å². The van der Waals surface area contributed by atoms with Crippen LogP contribution in [-0.4, -0.2) is 9.97 Å². The number of nitrogens with one attached hydrogen (secondary N) is 2. The summed E-state index contributed by atoms with van der Waals surface area (Å²) >= 11 is 0. The molecule has 0 unspecified atom stereocenters. The number of nitrogen functional groups attached to an aromatic ring is 2. The topological polar surface area (TPSA) is 83.6 Å². The van der Waals surface area contributed by atoms with E-state index in [0.29, 0.717) is 0 Å². The second-order valence-electron chi connectivity index (χ2n) is 4.62. The van der Waals surface area contributed by atoms with Gasteiger partial charge in [0, 0.05) is 21.8 Å². The van der Waals surface area contributed by atoms with Gasteiger partial charge in [0.15, 0.2) is 0 Å². The Bertz CT molecular complexity index is 704. The fourth-order valence-electron chi connectivity index (χ4n) is 2.19. The van der Waals surface area contributed by atoms with Gasteiger partial charge in [0.25, 0.3) is 0 Å². The highest BCUT2D eigenvalue weighted by Crippen LogP contribution is 2.15. The maximum absolute atomic E-state index is 5.54. The number of para-hydroxylation sites is 2. The van der Waals surface area contributed by atoms with Gasteiger partial charge in [-0.15, -0.1) is 0 Å². The summed E-state index contributed by atoms with van der Waals surface area (Å²) in [5.74, 6) is 1.45. The zero-order valence-corrected chi connectivity index (χ0v) is 10.9. The van der Waals surface area contributed by atoms with Crippen molar-refractivity contribution < 1.29 is 0 Å². The first kappa shape index (κ1) is 12.2. The van der Waals surface area contributed by atoms with Crippen LogP contribution in [0.3, 0.4) is 0 Å². The summed E-state index contributed by atoms with van der Waals surface area (Å²) in [6.07, 6.45) is 0. The summed E-state index contributed by atoms with van der Waals surface area (Å²) in [6, 6.07) is 19.9. The van der Waals surface area contributed by atoms with Gasteiger partial charge in [0.1, 0.15) is 11.6 Å². The highest BCUT2D eigenvalue weighted by molar-refractivity contribution is 5.83.